The Morgan fingerprint density at radius 2 is 2.08 bits per heavy atom. The molecule has 3 rings (SSSR count). The Morgan fingerprint density at radius 3 is 2.81 bits per heavy atom. The van der Waals surface area contributed by atoms with E-state index in [1.807, 2.05) is 0 Å². The van der Waals surface area contributed by atoms with E-state index in [1.165, 1.54) is 18.3 Å². The number of hydrogen-bond acceptors (Lipinski definition) is 6. The highest BCUT2D eigenvalue weighted by molar-refractivity contribution is 7.91. The summed E-state index contributed by atoms with van der Waals surface area (Å²) in [6, 6.07) is 6.13. The Hall–Kier alpha value is -2.45. The van der Waals surface area contributed by atoms with Crippen molar-refractivity contribution in [2.45, 2.75) is 25.3 Å². The summed E-state index contributed by atoms with van der Waals surface area (Å²) in [4.78, 5) is 16.6. The molecule has 0 aliphatic rings. The third-order valence-electron chi connectivity index (χ3n) is 3.92. The van der Waals surface area contributed by atoms with Crippen LogP contribution in [0.15, 0.2) is 41.6 Å². The molecular weight excluding hydrogens is 378 g/mol. The Balaban J connectivity index is 1.82. The summed E-state index contributed by atoms with van der Waals surface area (Å²) in [7, 11) is -3.41. The van der Waals surface area contributed by atoms with Crippen LogP contribution in [0.5, 0.6) is 0 Å². The summed E-state index contributed by atoms with van der Waals surface area (Å²) in [5, 5.41) is 4.37. The van der Waals surface area contributed by atoms with Gasteiger partial charge in [-0.2, -0.15) is 5.10 Å². The predicted octanol–water partition coefficient (Wildman–Crippen LogP) is 2.84. The maximum Gasteiger partial charge on any atom is 0.341 e. The molecule has 3 aromatic rings. The molecule has 0 aliphatic carbocycles. The van der Waals surface area contributed by atoms with Gasteiger partial charge < -0.3 is 4.74 Å². The molecule has 0 saturated carbocycles. The van der Waals surface area contributed by atoms with E-state index >= 15 is 0 Å². The van der Waals surface area contributed by atoms with E-state index in [4.69, 9.17) is 16.3 Å². The van der Waals surface area contributed by atoms with Gasteiger partial charge in [0.05, 0.1) is 28.1 Å². The number of aromatic nitrogens is 3. The molecule has 26 heavy (non-hydrogen) atoms. The number of carbonyl (C=O) groups excluding carboxylic acids is 1. The van der Waals surface area contributed by atoms with Gasteiger partial charge in [-0.1, -0.05) is 18.5 Å². The zero-order valence-corrected chi connectivity index (χ0v) is 15.7. The molecule has 0 bridgehead atoms. The first kappa shape index (κ1) is 18.3. The minimum absolute atomic E-state index is 0.0404. The summed E-state index contributed by atoms with van der Waals surface area (Å²) in [5.41, 5.74) is 2.00. The standard InChI is InChI=1S/C17H16ClN3O4S/c1-3-26(23,24)14-7-12(6-13(18)8-14)10-25-17(22)15-9-19-16-4-5-20-21(16)11(15)2/h4-9H,3,10H2,1-2H3. The highest BCUT2D eigenvalue weighted by Crippen LogP contribution is 2.21. The van der Waals surface area contributed by atoms with Gasteiger partial charge in [0.25, 0.3) is 0 Å². The lowest BCUT2D eigenvalue weighted by Crippen LogP contribution is -2.11. The van der Waals surface area contributed by atoms with Gasteiger partial charge in [0, 0.05) is 17.3 Å². The number of carbonyl (C=O) groups is 1. The fourth-order valence-corrected chi connectivity index (χ4v) is 3.76. The fourth-order valence-electron chi connectivity index (χ4n) is 2.47. The van der Waals surface area contributed by atoms with Crippen LogP contribution in [-0.2, 0) is 21.2 Å². The second kappa shape index (κ2) is 7.05. The van der Waals surface area contributed by atoms with Crippen LogP contribution >= 0.6 is 11.6 Å². The molecule has 0 unspecified atom stereocenters. The highest BCUT2D eigenvalue weighted by Gasteiger charge is 2.17. The van der Waals surface area contributed by atoms with E-state index < -0.39 is 15.8 Å². The van der Waals surface area contributed by atoms with Crippen molar-refractivity contribution in [2.75, 3.05) is 5.75 Å². The van der Waals surface area contributed by atoms with Crippen LogP contribution in [0, 0.1) is 6.92 Å². The Bertz CT molecular complexity index is 1090. The number of rotatable bonds is 5. The van der Waals surface area contributed by atoms with Crippen LogP contribution in [0.4, 0.5) is 0 Å². The summed E-state index contributed by atoms with van der Waals surface area (Å²) in [6.45, 7) is 3.18. The van der Waals surface area contributed by atoms with Gasteiger partial charge in [-0.15, -0.1) is 0 Å². The number of hydrogen-bond donors (Lipinski definition) is 0. The summed E-state index contributed by atoms with van der Waals surface area (Å²) < 4.78 is 30.9. The first-order valence-electron chi connectivity index (χ1n) is 7.80. The van der Waals surface area contributed by atoms with E-state index in [0.717, 1.165) is 0 Å². The van der Waals surface area contributed by atoms with Crippen LogP contribution in [0.25, 0.3) is 5.65 Å². The molecule has 2 aromatic heterocycles. The van der Waals surface area contributed by atoms with Gasteiger partial charge in [-0.3, -0.25) is 0 Å². The van der Waals surface area contributed by atoms with Crippen molar-refractivity contribution in [2.24, 2.45) is 0 Å². The Kier molecular flexibility index (Phi) is 4.97. The maximum atomic E-state index is 12.4. The second-order valence-electron chi connectivity index (χ2n) is 5.63. The molecule has 0 spiro atoms. The Labute approximate surface area is 155 Å². The molecular formula is C17H16ClN3O4S. The van der Waals surface area contributed by atoms with Gasteiger partial charge in [-0.25, -0.2) is 22.7 Å². The lowest BCUT2D eigenvalue weighted by molar-refractivity contribution is 0.0470. The number of benzene rings is 1. The van der Waals surface area contributed by atoms with Crippen LogP contribution in [0.1, 0.15) is 28.5 Å². The summed E-state index contributed by atoms with van der Waals surface area (Å²) >= 11 is 6.00. The topological polar surface area (TPSA) is 90.6 Å². The first-order chi connectivity index (χ1) is 12.3. The molecule has 0 atom stereocenters. The molecule has 1 aromatic carbocycles. The molecule has 9 heteroatoms. The number of aryl methyl sites for hydroxylation is 1. The fraction of sp³-hybridized carbons (Fsp3) is 0.235. The molecule has 0 aliphatic heterocycles. The van der Waals surface area contributed by atoms with Crippen molar-refractivity contribution in [1.29, 1.82) is 0 Å². The molecule has 0 saturated heterocycles. The van der Waals surface area contributed by atoms with Crippen molar-refractivity contribution < 1.29 is 17.9 Å². The minimum atomic E-state index is -3.41. The van der Waals surface area contributed by atoms with Gasteiger partial charge in [-0.05, 0) is 30.7 Å². The smallest absolute Gasteiger partial charge is 0.341 e. The number of halogens is 1. The predicted molar refractivity (Wildman–Crippen MR) is 96.0 cm³/mol. The normalized spacial score (nSPS) is 11.7. The molecule has 0 fully saturated rings. The number of ether oxygens (including phenoxy) is 1. The maximum absolute atomic E-state index is 12.4. The third-order valence-corrected chi connectivity index (χ3v) is 5.85. The quantitative estimate of drug-likeness (QED) is 0.619. The largest absolute Gasteiger partial charge is 0.457 e. The van der Waals surface area contributed by atoms with Crippen molar-refractivity contribution in [1.82, 2.24) is 14.6 Å². The van der Waals surface area contributed by atoms with Gasteiger partial charge in [0.2, 0.25) is 0 Å². The zero-order chi connectivity index (χ0) is 18.9. The SMILES string of the molecule is CCS(=O)(=O)c1cc(Cl)cc(COC(=O)c2cnc3ccnn3c2C)c1. The van der Waals surface area contributed by atoms with E-state index in [-0.39, 0.29) is 27.8 Å². The van der Waals surface area contributed by atoms with E-state index in [9.17, 15) is 13.2 Å². The van der Waals surface area contributed by atoms with Crippen LogP contribution in [0.3, 0.4) is 0 Å². The van der Waals surface area contributed by atoms with Crippen molar-refractivity contribution >= 4 is 33.1 Å². The molecule has 0 N–H and O–H groups in total. The third kappa shape index (κ3) is 3.56. The average Bonchev–Trinajstić information content (AvgIpc) is 3.09. The lowest BCUT2D eigenvalue weighted by atomic mass is 10.2. The van der Waals surface area contributed by atoms with Crippen molar-refractivity contribution in [3.05, 3.63) is 58.5 Å². The zero-order valence-electron chi connectivity index (χ0n) is 14.1. The summed E-state index contributed by atoms with van der Waals surface area (Å²) in [5.74, 6) is -0.617. The molecule has 7 nitrogen and oxygen atoms in total. The van der Waals surface area contributed by atoms with E-state index in [0.29, 0.717) is 16.9 Å². The molecule has 136 valence electrons. The van der Waals surface area contributed by atoms with Crippen LogP contribution < -0.4 is 0 Å². The first-order valence-corrected chi connectivity index (χ1v) is 9.83. The highest BCUT2D eigenvalue weighted by atomic mass is 35.5. The summed E-state index contributed by atoms with van der Waals surface area (Å²) in [6.07, 6.45) is 3.02. The lowest BCUT2D eigenvalue weighted by Gasteiger charge is -2.10. The number of sulfone groups is 1. The number of fused-ring (bicyclic) bond motifs is 1. The molecule has 0 amide bonds. The monoisotopic (exact) mass is 393 g/mol. The number of esters is 1. The van der Waals surface area contributed by atoms with Gasteiger partial charge in [0.1, 0.15) is 6.61 Å². The van der Waals surface area contributed by atoms with Crippen molar-refractivity contribution in [3.63, 3.8) is 0 Å². The van der Waals surface area contributed by atoms with E-state index in [2.05, 4.69) is 10.1 Å². The van der Waals surface area contributed by atoms with Gasteiger partial charge >= 0.3 is 5.97 Å². The molecule has 2 heterocycles. The number of nitrogens with zero attached hydrogens (tertiary/aromatic N) is 3. The van der Waals surface area contributed by atoms with Crippen molar-refractivity contribution in [3.8, 4) is 0 Å². The van der Waals surface area contributed by atoms with Crippen LogP contribution in [0.2, 0.25) is 5.02 Å². The second-order valence-corrected chi connectivity index (χ2v) is 8.35. The van der Waals surface area contributed by atoms with Gasteiger partial charge in [0.15, 0.2) is 15.5 Å². The molecule has 0 radical (unpaired) electrons. The Morgan fingerprint density at radius 1 is 1.31 bits per heavy atom. The van der Waals surface area contributed by atoms with E-state index in [1.54, 1.807) is 36.7 Å². The average molecular weight is 394 g/mol. The minimum Gasteiger partial charge on any atom is -0.457 e. The van der Waals surface area contributed by atoms with Crippen LogP contribution in [-0.4, -0.2) is 34.7 Å².